The lowest BCUT2D eigenvalue weighted by Gasteiger charge is -1.94. The van der Waals surface area contributed by atoms with Crippen LogP contribution in [0.3, 0.4) is 0 Å². The Morgan fingerprint density at radius 2 is 2.45 bits per heavy atom. The highest BCUT2D eigenvalue weighted by atomic mass is 32.2. The van der Waals surface area contributed by atoms with Gasteiger partial charge in [0.15, 0.2) is 0 Å². The highest BCUT2D eigenvalue weighted by molar-refractivity contribution is 7.85. The zero-order chi connectivity index (χ0) is 8.32. The van der Waals surface area contributed by atoms with Crippen molar-refractivity contribution in [1.82, 2.24) is 4.98 Å². The van der Waals surface area contributed by atoms with E-state index in [1.165, 1.54) is 12.5 Å². The minimum atomic E-state index is -3.40. The summed E-state index contributed by atoms with van der Waals surface area (Å²) in [5.41, 5.74) is 0. The summed E-state index contributed by atoms with van der Waals surface area (Å²) in [5.74, 6) is 0.246. The molecule has 0 spiro atoms. The van der Waals surface area contributed by atoms with Crippen LogP contribution in [0.1, 0.15) is 5.89 Å². The summed E-state index contributed by atoms with van der Waals surface area (Å²) in [4.78, 5) is 3.66. The predicted octanol–water partition coefficient (Wildman–Crippen LogP) is 0.151. The molecule has 0 aliphatic carbocycles. The lowest BCUT2D eigenvalue weighted by atomic mass is 10.7. The second-order valence-electron chi connectivity index (χ2n) is 1.89. The van der Waals surface area contributed by atoms with E-state index in [1.807, 2.05) is 0 Å². The van der Waals surface area contributed by atoms with Crippen LogP contribution in [0.5, 0.6) is 0 Å². The Hall–Kier alpha value is -0.880. The van der Waals surface area contributed by atoms with E-state index in [4.69, 9.17) is 4.42 Å². The number of aromatic nitrogens is 1. The second-order valence-corrected chi connectivity index (χ2v) is 3.54. The molecule has 0 bridgehead atoms. The molecule has 0 N–H and O–H groups in total. The van der Waals surface area contributed by atoms with Crippen molar-refractivity contribution in [2.75, 3.05) is 6.26 Å². The molecule has 0 aromatic carbocycles. The summed E-state index contributed by atoms with van der Waals surface area (Å²) >= 11 is 0. The summed E-state index contributed by atoms with van der Waals surface area (Å²) in [6, 6.07) is 0. The number of rotatable bonds is 3. The van der Waals surface area contributed by atoms with Crippen molar-refractivity contribution in [1.29, 1.82) is 0 Å². The third kappa shape index (κ3) is 3.15. The smallest absolute Gasteiger partial charge is 0.264 e. The second kappa shape index (κ2) is 3.02. The van der Waals surface area contributed by atoms with Crippen LogP contribution in [0.4, 0.5) is 0 Å². The SMILES string of the molecule is CS(=O)(=O)OCc1ncco1. The maximum Gasteiger partial charge on any atom is 0.264 e. The Morgan fingerprint density at radius 3 is 2.91 bits per heavy atom. The van der Waals surface area contributed by atoms with Crippen molar-refractivity contribution < 1.29 is 17.0 Å². The van der Waals surface area contributed by atoms with Gasteiger partial charge in [-0.1, -0.05) is 0 Å². The van der Waals surface area contributed by atoms with Crippen LogP contribution in [0.2, 0.25) is 0 Å². The molecule has 0 fully saturated rings. The molecule has 0 aliphatic heterocycles. The van der Waals surface area contributed by atoms with Gasteiger partial charge in [-0.05, 0) is 0 Å². The molecule has 0 saturated carbocycles. The van der Waals surface area contributed by atoms with Crippen LogP contribution >= 0.6 is 0 Å². The van der Waals surface area contributed by atoms with Crippen LogP contribution in [0, 0.1) is 0 Å². The van der Waals surface area contributed by atoms with Crippen molar-refractivity contribution in [3.8, 4) is 0 Å². The average molecular weight is 177 g/mol. The molecule has 6 heteroatoms. The highest BCUT2D eigenvalue weighted by Crippen LogP contribution is 1.99. The van der Waals surface area contributed by atoms with Crippen LogP contribution in [-0.4, -0.2) is 19.7 Å². The quantitative estimate of drug-likeness (QED) is 0.615. The predicted molar refractivity (Wildman–Crippen MR) is 36.1 cm³/mol. The van der Waals surface area contributed by atoms with Gasteiger partial charge in [0.1, 0.15) is 12.9 Å². The van der Waals surface area contributed by atoms with Gasteiger partial charge < -0.3 is 4.42 Å². The van der Waals surface area contributed by atoms with E-state index in [0.29, 0.717) is 0 Å². The summed E-state index contributed by atoms with van der Waals surface area (Å²) in [6.07, 6.45) is 3.73. The van der Waals surface area contributed by atoms with Gasteiger partial charge in [0.2, 0.25) is 5.89 Å². The van der Waals surface area contributed by atoms with Gasteiger partial charge in [0.05, 0.1) is 12.5 Å². The van der Waals surface area contributed by atoms with Crippen LogP contribution in [0.25, 0.3) is 0 Å². The van der Waals surface area contributed by atoms with E-state index in [1.54, 1.807) is 0 Å². The molecular formula is C5H7NO4S. The van der Waals surface area contributed by atoms with Gasteiger partial charge in [0, 0.05) is 0 Å². The van der Waals surface area contributed by atoms with Crippen molar-refractivity contribution in [2.24, 2.45) is 0 Å². The summed E-state index contributed by atoms with van der Waals surface area (Å²) in [6.45, 7) is -0.147. The number of oxazole rings is 1. The largest absolute Gasteiger partial charge is 0.446 e. The summed E-state index contributed by atoms with van der Waals surface area (Å²) in [5, 5.41) is 0. The highest BCUT2D eigenvalue weighted by Gasteiger charge is 2.04. The first-order valence-electron chi connectivity index (χ1n) is 2.81. The van der Waals surface area contributed by atoms with Crippen molar-refractivity contribution in [3.63, 3.8) is 0 Å². The Kier molecular flexibility index (Phi) is 2.25. The maximum atomic E-state index is 10.4. The van der Waals surface area contributed by atoms with E-state index in [9.17, 15) is 8.42 Å². The Labute approximate surface area is 64.1 Å². The lowest BCUT2D eigenvalue weighted by Crippen LogP contribution is -2.02. The van der Waals surface area contributed by atoms with Crippen molar-refractivity contribution >= 4 is 10.1 Å². The Bertz CT molecular complexity index is 301. The fraction of sp³-hybridized carbons (Fsp3) is 0.400. The number of nitrogens with zero attached hydrogens (tertiary/aromatic N) is 1. The fourth-order valence-corrected chi connectivity index (χ4v) is 0.797. The lowest BCUT2D eigenvalue weighted by molar-refractivity contribution is 0.270. The van der Waals surface area contributed by atoms with Crippen LogP contribution < -0.4 is 0 Å². The molecule has 0 aliphatic rings. The minimum absolute atomic E-state index is 0.147. The molecule has 1 aromatic heterocycles. The van der Waals surface area contributed by atoms with Crippen LogP contribution in [-0.2, 0) is 20.9 Å². The van der Waals surface area contributed by atoms with E-state index in [2.05, 4.69) is 9.17 Å². The Balaban J connectivity index is 2.48. The topological polar surface area (TPSA) is 69.4 Å². The normalized spacial score (nSPS) is 11.7. The molecule has 11 heavy (non-hydrogen) atoms. The van der Waals surface area contributed by atoms with Gasteiger partial charge in [-0.15, -0.1) is 0 Å². The van der Waals surface area contributed by atoms with Gasteiger partial charge >= 0.3 is 0 Å². The summed E-state index contributed by atoms with van der Waals surface area (Å²) < 4.78 is 30.0. The molecule has 1 rings (SSSR count). The Morgan fingerprint density at radius 1 is 1.73 bits per heavy atom. The van der Waals surface area contributed by atoms with Crippen molar-refractivity contribution in [3.05, 3.63) is 18.4 Å². The van der Waals surface area contributed by atoms with E-state index in [-0.39, 0.29) is 12.5 Å². The molecule has 0 radical (unpaired) electrons. The molecule has 1 heterocycles. The zero-order valence-electron chi connectivity index (χ0n) is 5.85. The first-order valence-corrected chi connectivity index (χ1v) is 4.62. The third-order valence-electron chi connectivity index (χ3n) is 0.880. The standard InChI is InChI=1S/C5H7NO4S/c1-11(7,8)10-4-5-6-2-3-9-5/h2-3H,4H2,1H3. The minimum Gasteiger partial charge on any atom is -0.446 e. The van der Waals surface area contributed by atoms with Gasteiger partial charge in [-0.2, -0.15) is 8.42 Å². The van der Waals surface area contributed by atoms with Crippen molar-refractivity contribution in [2.45, 2.75) is 6.61 Å². The van der Waals surface area contributed by atoms with Crippen LogP contribution in [0.15, 0.2) is 16.9 Å². The maximum absolute atomic E-state index is 10.4. The summed E-state index contributed by atoms with van der Waals surface area (Å²) in [7, 11) is -3.40. The molecular weight excluding hydrogens is 170 g/mol. The van der Waals surface area contributed by atoms with Gasteiger partial charge in [0.25, 0.3) is 10.1 Å². The molecule has 5 nitrogen and oxygen atoms in total. The van der Waals surface area contributed by atoms with E-state index in [0.717, 1.165) is 6.26 Å². The van der Waals surface area contributed by atoms with E-state index >= 15 is 0 Å². The molecule has 62 valence electrons. The first-order chi connectivity index (χ1) is 5.08. The molecule has 1 aromatic rings. The molecule has 0 unspecified atom stereocenters. The number of hydrogen-bond acceptors (Lipinski definition) is 5. The van der Waals surface area contributed by atoms with Gasteiger partial charge in [-0.3, -0.25) is 4.18 Å². The van der Waals surface area contributed by atoms with Gasteiger partial charge in [-0.25, -0.2) is 4.98 Å². The molecule has 0 saturated heterocycles. The first kappa shape index (κ1) is 8.22. The number of hydrogen-bond donors (Lipinski definition) is 0. The zero-order valence-corrected chi connectivity index (χ0v) is 6.67. The monoisotopic (exact) mass is 177 g/mol. The fourth-order valence-electron chi connectivity index (χ4n) is 0.482. The van der Waals surface area contributed by atoms with E-state index < -0.39 is 10.1 Å². The third-order valence-corrected chi connectivity index (χ3v) is 1.43. The molecule has 0 amide bonds. The molecule has 0 atom stereocenters. The average Bonchev–Trinajstić information content (AvgIpc) is 2.32.